The predicted molar refractivity (Wildman–Crippen MR) is 153 cm³/mol. The van der Waals surface area contributed by atoms with Crippen molar-refractivity contribution in [1.82, 2.24) is 5.32 Å². The van der Waals surface area contributed by atoms with Crippen molar-refractivity contribution in [3.05, 3.63) is 0 Å². The van der Waals surface area contributed by atoms with Crippen LogP contribution in [0.3, 0.4) is 0 Å². The van der Waals surface area contributed by atoms with Crippen LogP contribution in [0.1, 0.15) is 12.8 Å². The molecule has 0 aliphatic carbocycles. The fraction of sp³-hybridized carbons (Fsp3) is 0.957. The van der Waals surface area contributed by atoms with E-state index in [-0.39, 0.29) is 19.0 Å². The minimum absolute atomic E-state index is 0.0164. The van der Waals surface area contributed by atoms with Crippen molar-refractivity contribution in [3.8, 4) is 0 Å². The van der Waals surface area contributed by atoms with Gasteiger partial charge in [-0.25, -0.2) is 4.79 Å². The normalized spacial score (nSPS) is 15.7. The fourth-order valence-electron chi connectivity index (χ4n) is 3.79. The number of halogens is 17. The van der Waals surface area contributed by atoms with E-state index >= 15 is 0 Å². The predicted octanol–water partition coefficient (Wildman–Crippen LogP) is 10.00. The molecule has 0 saturated heterocycles. The van der Waals surface area contributed by atoms with Crippen molar-refractivity contribution in [1.29, 1.82) is 0 Å². The van der Waals surface area contributed by atoms with E-state index < -0.39 is 101 Å². The van der Waals surface area contributed by atoms with E-state index in [0.717, 1.165) is 0 Å². The lowest BCUT2D eigenvalue weighted by Gasteiger charge is -2.43. The molecule has 0 saturated carbocycles. The van der Waals surface area contributed by atoms with Crippen LogP contribution >= 0.6 is 0 Å². The van der Waals surface area contributed by atoms with E-state index in [2.05, 4.69) is 4.74 Å². The second-order valence-electron chi connectivity index (χ2n) is 13.9. The SMILES string of the molecule is C[Si](C)(C)O[Si](CCCNC(=O)OCCC(F)(F)C(F)(F)C(F)(F)C(F)(F)C(F)(F)C(F)(F)C(F)(F)C(F)(F)F)(O[Si](C)(C)C)O[Si](C)(C)C. The van der Waals surface area contributed by atoms with Gasteiger partial charge >= 0.3 is 62.5 Å². The van der Waals surface area contributed by atoms with Gasteiger partial charge in [-0.2, -0.15) is 74.6 Å². The largest absolute Gasteiger partial charge is 0.469 e. The van der Waals surface area contributed by atoms with Crippen LogP contribution in [0.4, 0.5) is 79.4 Å². The standard InChI is InChI=1S/C23H38F17NO5Si4/c1-47(2,3)44-50(45-48(4,5)6,46-49(7,8)9)14-10-12-41-15(42)43-13-11-16(24,25)17(26,27)18(28,29)19(30,31)20(32,33)21(34,35)22(36,37)23(38,39)40/h10-14H2,1-9H3,(H,41,42). The van der Waals surface area contributed by atoms with Gasteiger partial charge in [-0.1, -0.05) is 0 Å². The van der Waals surface area contributed by atoms with Crippen molar-refractivity contribution < 1.29 is 96.5 Å². The lowest BCUT2D eigenvalue weighted by Crippen LogP contribution is -2.74. The summed E-state index contributed by atoms with van der Waals surface area (Å²) in [6.45, 7) is 14.3. The summed E-state index contributed by atoms with van der Waals surface area (Å²) in [6.07, 6.45) is -12.4. The summed E-state index contributed by atoms with van der Waals surface area (Å²) in [4.78, 5) is 11.9. The second kappa shape index (κ2) is 14.9. The Kier molecular flexibility index (Phi) is 14.6. The number of hydrogen-bond donors (Lipinski definition) is 1. The van der Waals surface area contributed by atoms with Gasteiger partial charge in [-0.05, 0) is 65.3 Å². The van der Waals surface area contributed by atoms with Crippen LogP contribution in [0.25, 0.3) is 0 Å². The Balaban J connectivity index is 5.81. The zero-order chi connectivity index (χ0) is 40.6. The summed E-state index contributed by atoms with van der Waals surface area (Å²) < 4.78 is 251. The van der Waals surface area contributed by atoms with Crippen molar-refractivity contribution in [3.63, 3.8) is 0 Å². The highest BCUT2D eigenvalue weighted by Gasteiger charge is 2.95. The van der Waals surface area contributed by atoms with Crippen LogP contribution in [0.5, 0.6) is 0 Å². The van der Waals surface area contributed by atoms with E-state index in [1.807, 2.05) is 64.2 Å². The maximum Gasteiger partial charge on any atom is 0.469 e. The van der Waals surface area contributed by atoms with Crippen LogP contribution in [-0.4, -0.2) is 101 Å². The Bertz CT molecular complexity index is 1110. The molecule has 0 aromatic heterocycles. The molecule has 0 aliphatic rings. The monoisotopic (exact) mass is 843 g/mol. The first-order chi connectivity index (χ1) is 21.5. The summed E-state index contributed by atoms with van der Waals surface area (Å²) in [5.74, 6) is -57.1. The average molecular weight is 844 g/mol. The first-order valence-corrected chi connectivity index (χ1v) is 26.4. The molecule has 300 valence electrons. The number of alkyl halides is 17. The molecule has 0 unspecified atom stereocenters. The third-order valence-electron chi connectivity index (χ3n) is 5.75. The Hall–Kier alpha value is -1.17. The molecule has 0 bridgehead atoms. The molecule has 0 rings (SSSR count). The van der Waals surface area contributed by atoms with Crippen molar-refractivity contribution in [2.24, 2.45) is 0 Å². The molecule has 0 atom stereocenters. The van der Waals surface area contributed by atoms with Crippen LogP contribution in [0, 0.1) is 0 Å². The molecule has 0 heterocycles. The van der Waals surface area contributed by atoms with Gasteiger partial charge in [0.15, 0.2) is 25.0 Å². The third kappa shape index (κ3) is 10.9. The maximum absolute atomic E-state index is 14.1. The maximum atomic E-state index is 14.1. The lowest BCUT2D eigenvalue weighted by molar-refractivity contribution is -0.461. The fourth-order valence-corrected chi connectivity index (χ4v) is 18.4. The van der Waals surface area contributed by atoms with Crippen molar-refractivity contribution >= 4 is 39.8 Å². The number of alkyl carbamates (subject to hydrolysis) is 1. The number of nitrogens with one attached hydrogen (secondary N) is 1. The first-order valence-electron chi connectivity index (χ1n) is 14.2. The Morgan fingerprint density at radius 1 is 0.520 bits per heavy atom. The van der Waals surface area contributed by atoms with Gasteiger partial charge in [0.05, 0.1) is 13.0 Å². The number of amides is 1. The van der Waals surface area contributed by atoms with Gasteiger partial charge < -0.3 is 22.4 Å². The molecule has 6 nitrogen and oxygen atoms in total. The summed E-state index contributed by atoms with van der Waals surface area (Å²) in [7, 11) is -10.4. The third-order valence-corrected chi connectivity index (χ3v) is 17.8. The van der Waals surface area contributed by atoms with Gasteiger partial charge in [0.1, 0.15) is 0 Å². The van der Waals surface area contributed by atoms with Gasteiger partial charge in [0.25, 0.3) is 0 Å². The number of carbonyl (C=O) groups excluding carboxylic acids is 1. The van der Waals surface area contributed by atoms with Gasteiger partial charge in [0.2, 0.25) is 0 Å². The Labute approximate surface area is 280 Å². The van der Waals surface area contributed by atoms with E-state index in [1.54, 1.807) is 0 Å². The van der Waals surface area contributed by atoms with Crippen LogP contribution < -0.4 is 5.32 Å². The molecular formula is C23H38F17NO5Si4. The molecule has 0 aromatic rings. The van der Waals surface area contributed by atoms with Crippen molar-refractivity contribution in [2.75, 3.05) is 13.2 Å². The topological polar surface area (TPSA) is 66.0 Å². The quantitative estimate of drug-likeness (QED) is 0.0798. The highest BCUT2D eigenvalue weighted by molar-refractivity contribution is 6.90. The molecule has 50 heavy (non-hydrogen) atoms. The van der Waals surface area contributed by atoms with Crippen LogP contribution in [0.15, 0.2) is 0 Å². The van der Waals surface area contributed by atoms with E-state index in [0.29, 0.717) is 0 Å². The molecule has 0 fully saturated rings. The molecule has 1 amide bonds. The van der Waals surface area contributed by atoms with E-state index in [9.17, 15) is 79.4 Å². The molecular weight excluding hydrogens is 806 g/mol. The van der Waals surface area contributed by atoms with Crippen LogP contribution in [0.2, 0.25) is 65.0 Å². The lowest BCUT2D eigenvalue weighted by atomic mass is 9.88. The Morgan fingerprint density at radius 2 is 0.840 bits per heavy atom. The summed E-state index contributed by atoms with van der Waals surface area (Å²) in [5.41, 5.74) is 0. The smallest absolute Gasteiger partial charge is 0.449 e. The van der Waals surface area contributed by atoms with Gasteiger partial charge in [0, 0.05) is 12.6 Å². The molecule has 1 N–H and O–H groups in total. The van der Waals surface area contributed by atoms with Crippen LogP contribution in [-0.2, 0) is 17.1 Å². The highest BCUT2D eigenvalue weighted by Crippen LogP contribution is 2.64. The Morgan fingerprint density at radius 3 is 1.16 bits per heavy atom. The van der Waals surface area contributed by atoms with E-state index in [4.69, 9.17) is 12.3 Å². The van der Waals surface area contributed by atoms with Gasteiger partial charge in [-0.15, -0.1) is 0 Å². The number of ether oxygens (including phenoxy) is 1. The summed E-state index contributed by atoms with van der Waals surface area (Å²) in [6, 6.07) is 0.0955. The van der Waals surface area contributed by atoms with E-state index in [1.165, 1.54) is 0 Å². The minimum atomic E-state index is -8.71. The number of hydrogen-bond acceptors (Lipinski definition) is 5. The molecule has 0 aromatic carbocycles. The summed E-state index contributed by atoms with van der Waals surface area (Å²) >= 11 is 0. The highest BCUT2D eigenvalue weighted by atomic mass is 28.5. The minimum Gasteiger partial charge on any atom is -0.449 e. The summed E-state index contributed by atoms with van der Waals surface area (Å²) in [5, 5.41) is 1.97. The zero-order valence-corrected chi connectivity index (χ0v) is 32.0. The molecule has 27 heteroatoms. The second-order valence-corrected chi connectivity index (χ2v) is 30.9. The molecule has 0 radical (unpaired) electrons. The van der Waals surface area contributed by atoms with Gasteiger partial charge in [-0.3, -0.25) is 0 Å². The zero-order valence-electron chi connectivity index (χ0n) is 28.0. The molecule has 0 aliphatic heterocycles. The van der Waals surface area contributed by atoms with Crippen molar-refractivity contribution in [2.45, 2.75) is 125 Å². The average Bonchev–Trinajstić information content (AvgIpc) is 2.81. The molecule has 0 spiro atoms. The first kappa shape index (κ1) is 48.8. The number of rotatable bonds is 19. The number of carbonyl (C=O) groups is 1.